The van der Waals surface area contributed by atoms with Crippen LogP contribution in [0.3, 0.4) is 0 Å². The average Bonchev–Trinajstić information content (AvgIpc) is 3.13. The van der Waals surface area contributed by atoms with Crippen LogP contribution in [0, 0.1) is 11.8 Å². The Balaban J connectivity index is 1.76. The minimum absolute atomic E-state index is 0.0309. The lowest BCUT2D eigenvalue weighted by Gasteiger charge is -2.33. The first-order valence-electron chi connectivity index (χ1n) is 7.22. The van der Waals surface area contributed by atoms with Crippen LogP contribution in [0.2, 0.25) is 0 Å². The van der Waals surface area contributed by atoms with E-state index in [0.29, 0.717) is 25.5 Å². The van der Waals surface area contributed by atoms with E-state index in [4.69, 9.17) is 4.74 Å². The Morgan fingerprint density at radius 3 is 2.74 bits per heavy atom. The van der Waals surface area contributed by atoms with E-state index in [-0.39, 0.29) is 24.4 Å². The average molecular weight is 268 g/mol. The molecule has 0 spiro atoms. The van der Waals surface area contributed by atoms with E-state index in [9.17, 15) is 9.59 Å². The Morgan fingerprint density at radius 2 is 2.11 bits per heavy atom. The topological polar surface area (TPSA) is 58.6 Å². The first-order chi connectivity index (χ1) is 9.06. The van der Waals surface area contributed by atoms with Gasteiger partial charge in [0.2, 0.25) is 11.8 Å². The Bertz CT molecular complexity index is 340. The summed E-state index contributed by atoms with van der Waals surface area (Å²) in [5.74, 6) is 1.09. The number of amides is 2. The molecule has 0 aromatic carbocycles. The van der Waals surface area contributed by atoms with Crippen molar-refractivity contribution in [2.24, 2.45) is 11.8 Å². The standard InChI is InChI=1S/C14H24N2O3/c1-10(2)7-12-14(18)16(8-13(17)15-12)5-6-19-9-11-3-4-11/h10-12H,3-9H2,1-2H3,(H,15,17). The second kappa shape index (κ2) is 6.37. The molecule has 1 aliphatic heterocycles. The van der Waals surface area contributed by atoms with Crippen molar-refractivity contribution in [3.8, 4) is 0 Å². The van der Waals surface area contributed by atoms with Crippen molar-refractivity contribution in [3.05, 3.63) is 0 Å². The number of nitrogens with zero attached hydrogens (tertiary/aromatic N) is 1. The van der Waals surface area contributed by atoms with E-state index < -0.39 is 0 Å². The molecule has 1 unspecified atom stereocenters. The van der Waals surface area contributed by atoms with Gasteiger partial charge in [0.05, 0.1) is 13.2 Å². The minimum Gasteiger partial charge on any atom is -0.379 e. The van der Waals surface area contributed by atoms with Crippen LogP contribution in [-0.2, 0) is 14.3 Å². The maximum atomic E-state index is 12.2. The first kappa shape index (κ1) is 14.3. The number of hydrogen-bond acceptors (Lipinski definition) is 3. The molecule has 1 N–H and O–H groups in total. The van der Waals surface area contributed by atoms with Crippen molar-refractivity contribution in [3.63, 3.8) is 0 Å². The number of piperazine rings is 1. The number of carbonyl (C=O) groups is 2. The third-order valence-electron chi connectivity index (χ3n) is 3.54. The molecule has 1 aliphatic carbocycles. The molecule has 19 heavy (non-hydrogen) atoms. The molecule has 2 aliphatic rings. The van der Waals surface area contributed by atoms with Crippen molar-refractivity contribution >= 4 is 11.8 Å². The highest BCUT2D eigenvalue weighted by atomic mass is 16.5. The van der Waals surface area contributed by atoms with Crippen LogP contribution in [0.4, 0.5) is 0 Å². The molecule has 0 aromatic rings. The predicted octanol–water partition coefficient (Wildman–Crippen LogP) is 0.786. The van der Waals surface area contributed by atoms with Gasteiger partial charge in [-0.15, -0.1) is 0 Å². The fraction of sp³-hybridized carbons (Fsp3) is 0.857. The van der Waals surface area contributed by atoms with Gasteiger partial charge in [-0.3, -0.25) is 9.59 Å². The lowest BCUT2D eigenvalue weighted by molar-refractivity contribution is -0.145. The van der Waals surface area contributed by atoms with Crippen LogP contribution < -0.4 is 5.32 Å². The zero-order valence-electron chi connectivity index (χ0n) is 11.9. The highest BCUT2D eigenvalue weighted by Crippen LogP contribution is 2.28. The van der Waals surface area contributed by atoms with Gasteiger partial charge in [0.25, 0.3) is 0 Å². The normalized spacial score (nSPS) is 23.9. The zero-order valence-corrected chi connectivity index (χ0v) is 11.9. The van der Waals surface area contributed by atoms with E-state index in [1.807, 2.05) is 0 Å². The van der Waals surface area contributed by atoms with Gasteiger partial charge in [0, 0.05) is 13.2 Å². The van der Waals surface area contributed by atoms with E-state index in [2.05, 4.69) is 19.2 Å². The fourth-order valence-electron chi connectivity index (χ4n) is 2.30. The van der Waals surface area contributed by atoms with Gasteiger partial charge in [-0.05, 0) is 31.1 Å². The number of ether oxygens (including phenoxy) is 1. The highest BCUT2D eigenvalue weighted by molar-refractivity contribution is 5.94. The third kappa shape index (κ3) is 4.49. The Hall–Kier alpha value is -1.10. The second-order valence-corrected chi connectivity index (χ2v) is 6.03. The number of nitrogens with one attached hydrogen (secondary N) is 1. The van der Waals surface area contributed by atoms with Crippen LogP contribution in [-0.4, -0.2) is 49.1 Å². The monoisotopic (exact) mass is 268 g/mol. The summed E-state index contributed by atoms with van der Waals surface area (Å²) in [7, 11) is 0. The Morgan fingerprint density at radius 1 is 1.37 bits per heavy atom. The largest absolute Gasteiger partial charge is 0.379 e. The summed E-state index contributed by atoms with van der Waals surface area (Å²) in [4.78, 5) is 25.4. The number of carbonyl (C=O) groups excluding carboxylic acids is 2. The molecule has 1 saturated heterocycles. The second-order valence-electron chi connectivity index (χ2n) is 6.03. The maximum absolute atomic E-state index is 12.2. The lowest BCUT2D eigenvalue weighted by Crippen LogP contribution is -2.58. The van der Waals surface area contributed by atoms with E-state index in [1.165, 1.54) is 12.8 Å². The SMILES string of the molecule is CC(C)CC1NC(=O)CN(CCOCC2CC2)C1=O. The predicted molar refractivity (Wildman–Crippen MR) is 71.5 cm³/mol. The molecule has 108 valence electrons. The van der Waals surface area contributed by atoms with Gasteiger partial charge >= 0.3 is 0 Å². The minimum atomic E-state index is -0.357. The van der Waals surface area contributed by atoms with Crippen LogP contribution in [0.15, 0.2) is 0 Å². The molecular formula is C14H24N2O3. The van der Waals surface area contributed by atoms with Gasteiger partial charge in [0.1, 0.15) is 6.04 Å². The van der Waals surface area contributed by atoms with Crippen LogP contribution in [0.5, 0.6) is 0 Å². The summed E-state index contributed by atoms with van der Waals surface area (Å²) in [6.07, 6.45) is 3.23. The smallest absolute Gasteiger partial charge is 0.245 e. The Labute approximate surface area is 114 Å². The molecular weight excluding hydrogens is 244 g/mol. The van der Waals surface area contributed by atoms with Gasteiger partial charge in [0.15, 0.2) is 0 Å². The number of hydrogen-bond donors (Lipinski definition) is 1. The summed E-state index contributed by atoms with van der Waals surface area (Å²) < 4.78 is 5.53. The van der Waals surface area contributed by atoms with Crippen molar-refractivity contribution in [1.29, 1.82) is 0 Å². The summed E-state index contributed by atoms with van der Waals surface area (Å²) in [6, 6.07) is -0.357. The summed E-state index contributed by atoms with van der Waals surface area (Å²) in [5.41, 5.74) is 0. The van der Waals surface area contributed by atoms with E-state index in [1.54, 1.807) is 4.90 Å². The summed E-state index contributed by atoms with van der Waals surface area (Å²) >= 11 is 0. The molecule has 0 radical (unpaired) electrons. The molecule has 1 atom stereocenters. The maximum Gasteiger partial charge on any atom is 0.245 e. The van der Waals surface area contributed by atoms with Gasteiger partial charge in [-0.25, -0.2) is 0 Å². The number of rotatable bonds is 7. The molecule has 5 heteroatoms. The van der Waals surface area contributed by atoms with Crippen molar-refractivity contribution in [1.82, 2.24) is 10.2 Å². The van der Waals surface area contributed by atoms with Gasteiger partial charge in [-0.1, -0.05) is 13.8 Å². The molecule has 2 fully saturated rings. The van der Waals surface area contributed by atoms with Crippen LogP contribution in [0.25, 0.3) is 0 Å². The van der Waals surface area contributed by atoms with Crippen LogP contribution >= 0.6 is 0 Å². The molecule has 0 bridgehead atoms. The summed E-state index contributed by atoms with van der Waals surface area (Å²) in [6.45, 7) is 6.12. The van der Waals surface area contributed by atoms with Gasteiger partial charge in [-0.2, -0.15) is 0 Å². The molecule has 2 rings (SSSR count). The molecule has 1 heterocycles. The molecule has 1 saturated carbocycles. The fourth-order valence-corrected chi connectivity index (χ4v) is 2.30. The zero-order chi connectivity index (χ0) is 13.8. The molecule has 5 nitrogen and oxygen atoms in total. The molecule has 2 amide bonds. The van der Waals surface area contributed by atoms with E-state index >= 15 is 0 Å². The van der Waals surface area contributed by atoms with Crippen molar-refractivity contribution in [2.45, 2.75) is 39.2 Å². The third-order valence-corrected chi connectivity index (χ3v) is 3.54. The van der Waals surface area contributed by atoms with Crippen molar-refractivity contribution < 1.29 is 14.3 Å². The molecule has 0 aromatic heterocycles. The highest BCUT2D eigenvalue weighted by Gasteiger charge is 2.32. The summed E-state index contributed by atoms with van der Waals surface area (Å²) in [5, 5.41) is 2.78. The van der Waals surface area contributed by atoms with Gasteiger partial charge < -0.3 is 15.0 Å². The quantitative estimate of drug-likeness (QED) is 0.694. The van der Waals surface area contributed by atoms with E-state index in [0.717, 1.165) is 12.5 Å². The van der Waals surface area contributed by atoms with Crippen LogP contribution in [0.1, 0.15) is 33.1 Å². The Kier molecular flexibility index (Phi) is 4.80. The lowest BCUT2D eigenvalue weighted by atomic mass is 10.0. The first-order valence-corrected chi connectivity index (χ1v) is 7.22. The van der Waals surface area contributed by atoms with Crippen molar-refractivity contribution in [2.75, 3.05) is 26.3 Å².